The Kier molecular flexibility index (Phi) is 4.91. The molecule has 0 aliphatic heterocycles. The summed E-state index contributed by atoms with van der Waals surface area (Å²) in [6.07, 6.45) is 4.01. The molecular formula is C19H18N4O. The molecule has 0 aliphatic rings. The van der Waals surface area contributed by atoms with Crippen LogP contribution in [0.1, 0.15) is 21.9 Å². The number of amides is 1. The third kappa shape index (κ3) is 3.81. The minimum atomic E-state index is -0.176. The average molecular weight is 318 g/mol. The molecule has 0 unspecified atom stereocenters. The molecule has 120 valence electrons. The standard InChI is InChI=1S/C19H18N4O/c1-14-22-13-17(18(23-14)15-7-3-2-4-8-15)19(24)21-12-10-16-9-5-6-11-20-16/h2-9,11,13H,10,12H2,1H3,(H,21,24). The van der Waals surface area contributed by atoms with Gasteiger partial charge in [-0.15, -0.1) is 0 Å². The highest BCUT2D eigenvalue weighted by Crippen LogP contribution is 2.20. The first-order chi connectivity index (χ1) is 11.7. The van der Waals surface area contributed by atoms with Crippen LogP contribution in [0.15, 0.2) is 60.9 Å². The first kappa shape index (κ1) is 15.8. The molecule has 2 heterocycles. The van der Waals surface area contributed by atoms with Crippen molar-refractivity contribution < 1.29 is 4.79 Å². The summed E-state index contributed by atoms with van der Waals surface area (Å²) in [4.78, 5) is 25.4. The van der Waals surface area contributed by atoms with Gasteiger partial charge in [0.05, 0.1) is 11.3 Å². The van der Waals surface area contributed by atoms with Crippen LogP contribution in [0.4, 0.5) is 0 Å². The van der Waals surface area contributed by atoms with Gasteiger partial charge in [-0.1, -0.05) is 36.4 Å². The van der Waals surface area contributed by atoms with Crippen LogP contribution in [-0.2, 0) is 6.42 Å². The summed E-state index contributed by atoms with van der Waals surface area (Å²) in [5.74, 6) is 0.462. The van der Waals surface area contributed by atoms with Crippen LogP contribution in [0.5, 0.6) is 0 Å². The molecule has 5 nitrogen and oxygen atoms in total. The summed E-state index contributed by atoms with van der Waals surface area (Å²) in [6, 6.07) is 15.4. The lowest BCUT2D eigenvalue weighted by Crippen LogP contribution is -2.27. The lowest BCUT2D eigenvalue weighted by molar-refractivity contribution is 0.0954. The average Bonchev–Trinajstić information content (AvgIpc) is 2.63. The van der Waals surface area contributed by atoms with Gasteiger partial charge >= 0.3 is 0 Å². The molecule has 0 spiro atoms. The Morgan fingerprint density at radius 2 is 1.83 bits per heavy atom. The van der Waals surface area contributed by atoms with Gasteiger partial charge in [-0.3, -0.25) is 9.78 Å². The van der Waals surface area contributed by atoms with Crippen LogP contribution in [0.3, 0.4) is 0 Å². The molecule has 0 fully saturated rings. The van der Waals surface area contributed by atoms with Crippen LogP contribution in [-0.4, -0.2) is 27.4 Å². The lowest BCUT2D eigenvalue weighted by Gasteiger charge is -2.10. The zero-order valence-corrected chi connectivity index (χ0v) is 13.4. The smallest absolute Gasteiger partial charge is 0.255 e. The van der Waals surface area contributed by atoms with Crippen molar-refractivity contribution in [2.24, 2.45) is 0 Å². The van der Waals surface area contributed by atoms with Crippen molar-refractivity contribution in [3.8, 4) is 11.3 Å². The number of aryl methyl sites for hydroxylation is 1. The highest BCUT2D eigenvalue weighted by Gasteiger charge is 2.15. The second-order valence-corrected chi connectivity index (χ2v) is 5.37. The normalized spacial score (nSPS) is 10.4. The van der Waals surface area contributed by atoms with Gasteiger partial charge in [-0.2, -0.15) is 0 Å². The van der Waals surface area contributed by atoms with Crippen molar-refractivity contribution in [2.45, 2.75) is 13.3 Å². The lowest BCUT2D eigenvalue weighted by atomic mass is 10.1. The Labute approximate surface area is 140 Å². The minimum Gasteiger partial charge on any atom is -0.352 e. The third-order valence-corrected chi connectivity index (χ3v) is 3.59. The SMILES string of the molecule is Cc1ncc(C(=O)NCCc2ccccn2)c(-c2ccccc2)n1. The van der Waals surface area contributed by atoms with E-state index in [0.717, 1.165) is 11.3 Å². The number of rotatable bonds is 5. The highest BCUT2D eigenvalue weighted by atomic mass is 16.1. The molecule has 2 aromatic heterocycles. The van der Waals surface area contributed by atoms with Gasteiger partial charge in [-0.05, 0) is 19.1 Å². The molecule has 5 heteroatoms. The zero-order chi connectivity index (χ0) is 16.8. The molecule has 0 radical (unpaired) electrons. The molecule has 0 saturated heterocycles. The molecule has 0 atom stereocenters. The highest BCUT2D eigenvalue weighted by molar-refractivity contribution is 5.99. The number of hydrogen-bond donors (Lipinski definition) is 1. The molecule has 0 bridgehead atoms. The second-order valence-electron chi connectivity index (χ2n) is 5.37. The van der Waals surface area contributed by atoms with Crippen molar-refractivity contribution in [3.05, 3.63) is 78.0 Å². The number of pyridine rings is 1. The molecular weight excluding hydrogens is 300 g/mol. The summed E-state index contributed by atoms with van der Waals surface area (Å²) >= 11 is 0. The van der Waals surface area contributed by atoms with Crippen LogP contribution in [0.25, 0.3) is 11.3 Å². The number of aromatic nitrogens is 3. The van der Waals surface area contributed by atoms with E-state index in [1.807, 2.05) is 55.5 Å². The van der Waals surface area contributed by atoms with Crippen LogP contribution < -0.4 is 5.32 Å². The van der Waals surface area contributed by atoms with Crippen molar-refractivity contribution >= 4 is 5.91 Å². The molecule has 1 N–H and O–H groups in total. The molecule has 0 saturated carbocycles. The van der Waals surface area contributed by atoms with E-state index in [1.165, 1.54) is 0 Å². The topological polar surface area (TPSA) is 67.8 Å². The van der Waals surface area contributed by atoms with Crippen molar-refractivity contribution in [3.63, 3.8) is 0 Å². The first-order valence-corrected chi connectivity index (χ1v) is 7.81. The summed E-state index contributed by atoms with van der Waals surface area (Å²) in [5.41, 5.74) is 2.98. The largest absolute Gasteiger partial charge is 0.352 e. The molecule has 1 amide bonds. The van der Waals surface area contributed by atoms with Gasteiger partial charge in [0.2, 0.25) is 0 Å². The molecule has 3 aromatic rings. The van der Waals surface area contributed by atoms with E-state index in [4.69, 9.17) is 0 Å². The minimum absolute atomic E-state index is 0.176. The Balaban J connectivity index is 1.75. The summed E-state index contributed by atoms with van der Waals surface area (Å²) < 4.78 is 0. The molecule has 24 heavy (non-hydrogen) atoms. The maximum absolute atomic E-state index is 12.5. The predicted octanol–water partition coefficient (Wildman–Crippen LogP) is 2.82. The fraction of sp³-hybridized carbons (Fsp3) is 0.158. The Morgan fingerprint density at radius 1 is 1.04 bits per heavy atom. The number of benzene rings is 1. The second kappa shape index (κ2) is 7.46. The fourth-order valence-corrected chi connectivity index (χ4v) is 2.40. The summed E-state index contributed by atoms with van der Waals surface area (Å²) in [6.45, 7) is 2.33. The van der Waals surface area contributed by atoms with Gasteiger partial charge in [0.15, 0.2) is 0 Å². The predicted molar refractivity (Wildman–Crippen MR) is 92.5 cm³/mol. The van der Waals surface area contributed by atoms with Gasteiger partial charge < -0.3 is 5.32 Å². The monoisotopic (exact) mass is 318 g/mol. The third-order valence-electron chi connectivity index (χ3n) is 3.59. The molecule has 1 aromatic carbocycles. The maximum atomic E-state index is 12.5. The van der Waals surface area contributed by atoms with E-state index >= 15 is 0 Å². The van der Waals surface area contributed by atoms with Crippen molar-refractivity contribution in [1.29, 1.82) is 0 Å². The van der Waals surface area contributed by atoms with Crippen molar-refractivity contribution in [2.75, 3.05) is 6.54 Å². The summed E-state index contributed by atoms with van der Waals surface area (Å²) in [5, 5.41) is 2.92. The van der Waals surface area contributed by atoms with Crippen LogP contribution >= 0.6 is 0 Å². The van der Waals surface area contributed by atoms with E-state index in [1.54, 1.807) is 12.4 Å². The van der Waals surface area contributed by atoms with Gasteiger partial charge in [0.25, 0.3) is 5.91 Å². The molecule has 3 rings (SSSR count). The number of nitrogens with one attached hydrogen (secondary N) is 1. The number of carbonyl (C=O) groups is 1. The van der Waals surface area contributed by atoms with E-state index in [-0.39, 0.29) is 5.91 Å². The van der Waals surface area contributed by atoms with Crippen LogP contribution in [0, 0.1) is 6.92 Å². The Morgan fingerprint density at radius 3 is 2.58 bits per heavy atom. The fourth-order valence-electron chi connectivity index (χ4n) is 2.40. The van der Waals surface area contributed by atoms with E-state index in [9.17, 15) is 4.79 Å². The Hall–Kier alpha value is -3.08. The van der Waals surface area contributed by atoms with E-state index < -0.39 is 0 Å². The van der Waals surface area contributed by atoms with Gasteiger partial charge in [0.1, 0.15) is 5.82 Å². The van der Waals surface area contributed by atoms with Gasteiger partial charge in [0, 0.05) is 36.6 Å². The Bertz CT molecular complexity index is 819. The maximum Gasteiger partial charge on any atom is 0.255 e. The molecule has 0 aliphatic carbocycles. The number of carbonyl (C=O) groups excluding carboxylic acids is 1. The van der Waals surface area contributed by atoms with Crippen LogP contribution in [0.2, 0.25) is 0 Å². The van der Waals surface area contributed by atoms with Gasteiger partial charge in [-0.25, -0.2) is 9.97 Å². The first-order valence-electron chi connectivity index (χ1n) is 7.81. The zero-order valence-electron chi connectivity index (χ0n) is 13.4. The summed E-state index contributed by atoms with van der Waals surface area (Å²) in [7, 11) is 0. The number of nitrogens with zero attached hydrogens (tertiary/aromatic N) is 3. The quantitative estimate of drug-likeness (QED) is 0.785. The van der Waals surface area contributed by atoms with Crippen molar-refractivity contribution in [1.82, 2.24) is 20.3 Å². The van der Waals surface area contributed by atoms with E-state index in [0.29, 0.717) is 30.0 Å². The van der Waals surface area contributed by atoms with E-state index in [2.05, 4.69) is 20.3 Å². The number of hydrogen-bond acceptors (Lipinski definition) is 4.